The number of nitrogens with zero attached hydrogens (tertiary/aromatic N) is 5. The summed E-state index contributed by atoms with van der Waals surface area (Å²) in [7, 11) is 0. The van der Waals surface area contributed by atoms with Crippen molar-refractivity contribution in [2.45, 2.75) is 6.54 Å². The van der Waals surface area contributed by atoms with E-state index in [0.717, 1.165) is 0 Å². The van der Waals surface area contributed by atoms with E-state index in [1.165, 1.54) is 29.1 Å². The molecule has 0 aliphatic carbocycles. The number of nitrogens with two attached hydrogens (primary N) is 1. The lowest BCUT2D eigenvalue weighted by molar-refractivity contribution is -0.384. The van der Waals surface area contributed by atoms with Crippen LogP contribution in [0.2, 0.25) is 0 Å². The van der Waals surface area contributed by atoms with Crippen LogP contribution in [-0.2, 0) is 6.54 Å². The van der Waals surface area contributed by atoms with Crippen molar-refractivity contribution in [2.24, 2.45) is 5.73 Å². The Kier molecular flexibility index (Phi) is 2.99. The third-order valence-corrected chi connectivity index (χ3v) is 2.30. The monoisotopic (exact) mass is 244 g/mol. The zero-order chi connectivity index (χ0) is 13.1. The van der Waals surface area contributed by atoms with Gasteiger partial charge >= 0.3 is 0 Å². The first kappa shape index (κ1) is 11.7. The van der Waals surface area contributed by atoms with Gasteiger partial charge in [-0.1, -0.05) is 5.21 Å². The molecule has 8 nitrogen and oxygen atoms in total. The number of nitriles is 1. The highest BCUT2D eigenvalue weighted by Crippen LogP contribution is 2.23. The molecule has 0 bridgehead atoms. The predicted molar refractivity (Wildman–Crippen MR) is 60.6 cm³/mol. The molecule has 2 N–H and O–H groups in total. The number of benzene rings is 1. The van der Waals surface area contributed by atoms with Crippen LogP contribution in [0.3, 0.4) is 0 Å². The summed E-state index contributed by atoms with van der Waals surface area (Å²) < 4.78 is 1.27. The van der Waals surface area contributed by atoms with Gasteiger partial charge in [0.15, 0.2) is 0 Å². The third-order valence-electron chi connectivity index (χ3n) is 2.30. The quantitative estimate of drug-likeness (QED) is 0.619. The normalized spacial score (nSPS) is 10.0. The van der Waals surface area contributed by atoms with Gasteiger partial charge in [0.05, 0.1) is 28.4 Å². The molecule has 0 aliphatic heterocycles. The Labute approximate surface area is 101 Å². The Morgan fingerprint density at radius 2 is 2.33 bits per heavy atom. The van der Waals surface area contributed by atoms with Crippen LogP contribution in [0.15, 0.2) is 24.4 Å². The van der Waals surface area contributed by atoms with Gasteiger partial charge in [0, 0.05) is 12.6 Å². The summed E-state index contributed by atoms with van der Waals surface area (Å²) >= 11 is 0. The van der Waals surface area contributed by atoms with Crippen molar-refractivity contribution >= 4 is 5.69 Å². The van der Waals surface area contributed by atoms with Crippen LogP contribution in [0, 0.1) is 21.4 Å². The topological polar surface area (TPSA) is 124 Å². The Balaban J connectivity index is 2.56. The SMILES string of the molecule is N#Cc1ccc(-n2cc(CN)nn2)c([N+](=O)[O-])c1. The first-order chi connectivity index (χ1) is 8.65. The number of rotatable bonds is 3. The second kappa shape index (κ2) is 4.60. The molecule has 0 spiro atoms. The van der Waals surface area contributed by atoms with Crippen LogP contribution in [0.25, 0.3) is 5.69 Å². The van der Waals surface area contributed by atoms with Crippen molar-refractivity contribution < 1.29 is 4.92 Å². The van der Waals surface area contributed by atoms with Crippen molar-refractivity contribution in [2.75, 3.05) is 0 Å². The van der Waals surface area contributed by atoms with Gasteiger partial charge in [0.25, 0.3) is 5.69 Å². The van der Waals surface area contributed by atoms with E-state index >= 15 is 0 Å². The zero-order valence-electron chi connectivity index (χ0n) is 9.15. The summed E-state index contributed by atoms with van der Waals surface area (Å²) in [6, 6.07) is 5.97. The predicted octanol–water partition coefficient (Wildman–Crippen LogP) is 0.506. The molecule has 2 aromatic rings. The molecule has 0 saturated heterocycles. The lowest BCUT2D eigenvalue weighted by Crippen LogP contribution is -2.01. The Hall–Kier alpha value is -2.79. The van der Waals surface area contributed by atoms with Gasteiger partial charge in [-0.05, 0) is 12.1 Å². The van der Waals surface area contributed by atoms with Gasteiger partial charge in [-0.15, -0.1) is 5.10 Å². The summed E-state index contributed by atoms with van der Waals surface area (Å²) in [4.78, 5) is 10.4. The third kappa shape index (κ3) is 2.02. The average molecular weight is 244 g/mol. The van der Waals surface area contributed by atoms with Crippen LogP contribution in [0.1, 0.15) is 11.3 Å². The molecule has 90 valence electrons. The number of aromatic nitrogens is 3. The van der Waals surface area contributed by atoms with Gasteiger partial charge in [-0.25, -0.2) is 4.68 Å². The van der Waals surface area contributed by atoms with Crippen molar-refractivity contribution in [3.05, 3.63) is 45.8 Å². The van der Waals surface area contributed by atoms with Crippen LogP contribution < -0.4 is 5.73 Å². The van der Waals surface area contributed by atoms with Gasteiger partial charge in [-0.2, -0.15) is 5.26 Å². The molecule has 1 aromatic heterocycles. The average Bonchev–Trinajstić information content (AvgIpc) is 2.86. The van der Waals surface area contributed by atoms with Crippen LogP contribution in [-0.4, -0.2) is 19.9 Å². The van der Waals surface area contributed by atoms with E-state index in [-0.39, 0.29) is 23.5 Å². The summed E-state index contributed by atoms with van der Waals surface area (Å²) in [5.74, 6) is 0. The van der Waals surface area contributed by atoms with E-state index in [1.54, 1.807) is 0 Å². The number of nitro groups is 1. The smallest absolute Gasteiger partial charge is 0.296 e. The van der Waals surface area contributed by atoms with Gasteiger partial charge in [0.1, 0.15) is 5.69 Å². The van der Waals surface area contributed by atoms with E-state index in [9.17, 15) is 10.1 Å². The number of nitro benzene ring substituents is 1. The second-order valence-electron chi connectivity index (χ2n) is 3.43. The number of hydrogen-bond donors (Lipinski definition) is 1. The van der Waals surface area contributed by atoms with Gasteiger partial charge in [-0.3, -0.25) is 10.1 Å². The van der Waals surface area contributed by atoms with Crippen molar-refractivity contribution in [3.63, 3.8) is 0 Å². The Bertz CT molecular complexity index is 642. The van der Waals surface area contributed by atoms with Gasteiger partial charge in [0.2, 0.25) is 0 Å². The minimum atomic E-state index is -0.569. The van der Waals surface area contributed by atoms with Crippen molar-refractivity contribution in [1.29, 1.82) is 5.26 Å². The zero-order valence-corrected chi connectivity index (χ0v) is 9.15. The molecule has 1 aromatic carbocycles. The van der Waals surface area contributed by atoms with Crippen molar-refractivity contribution in [3.8, 4) is 11.8 Å². The first-order valence-corrected chi connectivity index (χ1v) is 4.96. The van der Waals surface area contributed by atoms with E-state index < -0.39 is 4.92 Å². The molecular weight excluding hydrogens is 236 g/mol. The van der Waals surface area contributed by atoms with Crippen LogP contribution in [0.4, 0.5) is 5.69 Å². The largest absolute Gasteiger partial charge is 0.325 e. The minimum Gasteiger partial charge on any atom is -0.325 e. The molecule has 0 fully saturated rings. The van der Waals surface area contributed by atoms with E-state index in [1.807, 2.05) is 6.07 Å². The lowest BCUT2D eigenvalue weighted by Gasteiger charge is -2.01. The maximum atomic E-state index is 10.9. The van der Waals surface area contributed by atoms with E-state index in [2.05, 4.69) is 10.3 Å². The highest BCUT2D eigenvalue weighted by atomic mass is 16.6. The Morgan fingerprint density at radius 3 is 2.89 bits per heavy atom. The molecule has 0 radical (unpaired) electrons. The maximum Gasteiger partial charge on any atom is 0.296 e. The number of hydrogen-bond acceptors (Lipinski definition) is 6. The minimum absolute atomic E-state index is 0.198. The molecule has 0 unspecified atom stereocenters. The molecule has 8 heteroatoms. The van der Waals surface area contributed by atoms with E-state index in [4.69, 9.17) is 11.0 Å². The lowest BCUT2D eigenvalue weighted by atomic mass is 10.2. The highest BCUT2D eigenvalue weighted by Gasteiger charge is 2.17. The summed E-state index contributed by atoms with van der Waals surface area (Å²) in [6.45, 7) is 0.198. The molecule has 0 aliphatic rings. The van der Waals surface area contributed by atoms with Gasteiger partial charge < -0.3 is 5.73 Å². The van der Waals surface area contributed by atoms with Crippen LogP contribution >= 0.6 is 0 Å². The fourth-order valence-electron chi connectivity index (χ4n) is 1.44. The fourth-order valence-corrected chi connectivity index (χ4v) is 1.44. The molecule has 0 saturated carbocycles. The molecule has 18 heavy (non-hydrogen) atoms. The van der Waals surface area contributed by atoms with Crippen LogP contribution in [0.5, 0.6) is 0 Å². The maximum absolute atomic E-state index is 10.9. The Morgan fingerprint density at radius 1 is 1.56 bits per heavy atom. The van der Waals surface area contributed by atoms with E-state index in [0.29, 0.717) is 5.69 Å². The summed E-state index contributed by atoms with van der Waals surface area (Å²) in [6.07, 6.45) is 1.51. The summed E-state index contributed by atoms with van der Waals surface area (Å²) in [5.41, 5.74) is 6.16. The molecule has 2 rings (SSSR count). The standard InChI is InChI=1S/C10H8N6O2/c11-4-7-1-2-9(10(3-7)16(17)18)15-6-8(5-12)13-14-15/h1-3,6H,5,12H2. The molecule has 0 amide bonds. The van der Waals surface area contributed by atoms with Crippen molar-refractivity contribution in [1.82, 2.24) is 15.0 Å². The highest BCUT2D eigenvalue weighted by molar-refractivity contribution is 5.55. The summed E-state index contributed by atoms with van der Waals surface area (Å²) in [5, 5.41) is 27.2. The molecule has 0 atom stereocenters. The fraction of sp³-hybridized carbons (Fsp3) is 0.100. The molecule has 1 heterocycles. The first-order valence-electron chi connectivity index (χ1n) is 4.96. The molecular formula is C10H8N6O2. The second-order valence-corrected chi connectivity index (χ2v) is 3.43.